The van der Waals surface area contributed by atoms with Gasteiger partial charge in [-0.15, -0.1) is 0 Å². The van der Waals surface area contributed by atoms with Gasteiger partial charge in [-0.3, -0.25) is 0 Å². The Morgan fingerprint density at radius 2 is 1.76 bits per heavy atom. The van der Waals surface area contributed by atoms with E-state index in [-0.39, 0.29) is 18.3 Å². The van der Waals surface area contributed by atoms with Crippen LogP contribution in [0.25, 0.3) is 0 Å². The van der Waals surface area contributed by atoms with Crippen molar-refractivity contribution in [3.05, 3.63) is 18.3 Å². The van der Waals surface area contributed by atoms with Crippen molar-refractivity contribution in [3.8, 4) is 5.88 Å². The number of aromatic nitrogens is 1. The summed E-state index contributed by atoms with van der Waals surface area (Å²) in [5, 5.41) is 0. The van der Waals surface area contributed by atoms with Crippen LogP contribution in [-0.2, 0) is 9.31 Å². The summed E-state index contributed by atoms with van der Waals surface area (Å²) in [7, 11) is 1.79. The predicted molar refractivity (Wildman–Crippen MR) is 70.3 cm³/mol. The van der Waals surface area contributed by atoms with Gasteiger partial charge in [-0.05, 0) is 27.7 Å². The van der Waals surface area contributed by atoms with Gasteiger partial charge in [0.25, 0.3) is 0 Å². The van der Waals surface area contributed by atoms with Gasteiger partial charge >= 0.3 is 7.12 Å². The minimum atomic E-state index is -0.369. The smallest absolute Gasteiger partial charge is 0.463 e. The van der Waals surface area contributed by atoms with Crippen LogP contribution in [0.3, 0.4) is 0 Å². The SMILES string of the molecule is CC1(C)OB(c2ccc(OP)nc2)OC1(C)C. The highest BCUT2D eigenvalue weighted by molar-refractivity contribution is 7.10. The van der Waals surface area contributed by atoms with E-state index in [9.17, 15) is 0 Å². The summed E-state index contributed by atoms with van der Waals surface area (Å²) in [4.78, 5) is 4.13. The average Bonchev–Trinajstić information content (AvgIpc) is 2.48. The lowest BCUT2D eigenvalue weighted by atomic mass is 9.80. The molecule has 1 aromatic heterocycles. The zero-order valence-electron chi connectivity index (χ0n) is 10.6. The molecular formula is C11H17BNO3P. The van der Waals surface area contributed by atoms with Crippen LogP contribution in [-0.4, -0.2) is 23.3 Å². The first-order valence-corrected chi connectivity index (χ1v) is 6.01. The molecule has 1 aliphatic rings. The predicted octanol–water partition coefficient (Wildman–Crippen LogP) is 1.55. The highest BCUT2D eigenvalue weighted by Gasteiger charge is 2.51. The van der Waals surface area contributed by atoms with Crippen LogP contribution in [0.1, 0.15) is 27.7 Å². The lowest BCUT2D eigenvalue weighted by molar-refractivity contribution is 0.00578. The molecular weight excluding hydrogens is 236 g/mol. The summed E-state index contributed by atoms with van der Waals surface area (Å²) in [6.07, 6.45) is 1.71. The summed E-state index contributed by atoms with van der Waals surface area (Å²) in [6.45, 7) is 8.11. The van der Waals surface area contributed by atoms with Gasteiger partial charge < -0.3 is 13.8 Å². The molecule has 6 heteroatoms. The molecule has 0 radical (unpaired) electrons. The molecule has 0 spiro atoms. The summed E-state index contributed by atoms with van der Waals surface area (Å²) in [5.41, 5.74) is 0.246. The number of nitrogens with zero attached hydrogens (tertiary/aromatic N) is 1. The minimum Gasteiger partial charge on any atom is -0.463 e. The molecule has 1 unspecified atom stereocenters. The van der Waals surface area contributed by atoms with E-state index in [0.29, 0.717) is 5.88 Å². The number of hydrogen-bond donors (Lipinski definition) is 0. The molecule has 0 N–H and O–H groups in total. The van der Waals surface area contributed by atoms with Crippen molar-refractivity contribution in [2.24, 2.45) is 0 Å². The van der Waals surface area contributed by atoms with Gasteiger partial charge in [-0.25, -0.2) is 4.98 Å². The lowest BCUT2D eigenvalue weighted by Gasteiger charge is -2.32. The number of hydrogen-bond acceptors (Lipinski definition) is 4. The van der Waals surface area contributed by atoms with Crippen molar-refractivity contribution in [2.75, 3.05) is 0 Å². The highest BCUT2D eigenvalue weighted by Crippen LogP contribution is 2.36. The van der Waals surface area contributed by atoms with Gasteiger partial charge in [-0.2, -0.15) is 0 Å². The number of rotatable bonds is 2. The molecule has 0 aromatic carbocycles. The second kappa shape index (κ2) is 4.23. The maximum Gasteiger partial charge on any atom is 0.496 e. The van der Waals surface area contributed by atoms with E-state index in [4.69, 9.17) is 13.8 Å². The molecule has 1 fully saturated rings. The molecule has 2 heterocycles. The van der Waals surface area contributed by atoms with E-state index in [1.807, 2.05) is 33.8 Å². The van der Waals surface area contributed by atoms with Crippen LogP contribution in [0.5, 0.6) is 5.88 Å². The van der Waals surface area contributed by atoms with Gasteiger partial charge in [-0.1, -0.05) is 6.07 Å². The topological polar surface area (TPSA) is 40.6 Å². The van der Waals surface area contributed by atoms with E-state index in [2.05, 4.69) is 14.5 Å². The molecule has 0 amide bonds. The Hall–Kier alpha value is -0.635. The van der Waals surface area contributed by atoms with Crippen LogP contribution in [0.4, 0.5) is 0 Å². The maximum absolute atomic E-state index is 5.92. The van der Waals surface area contributed by atoms with Crippen LogP contribution < -0.4 is 9.99 Å². The minimum absolute atomic E-state index is 0.326. The summed E-state index contributed by atoms with van der Waals surface area (Å²) in [5.74, 6) is 0.551. The van der Waals surface area contributed by atoms with Crippen molar-refractivity contribution in [1.82, 2.24) is 4.98 Å². The Balaban J connectivity index is 2.20. The monoisotopic (exact) mass is 253 g/mol. The van der Waals surface area contributed by atoms with E-state index >= 15 is 0 Å². The van der Waals surface area contributed by atoms with Crippen molar-refractivity contribution >= 4 is 22.0 Å². The normalized spacial score (nSPS) is 21.6. The second-order valence-corrected chi connectivity index (χ2v) is 5.37. The maximum atomic E-state index is 5.92. The molecule has 4 nitrogen and oxygen atoms in total. The van der Waals surface area contributed by atoms with Crippen molar-refractivity contribution < 1.29 is 13.8 Å². The molecule has 17 heavy (non-hydrogen) atoms. The third kappa shape index (κ3) is 2.32. The molecule has 1 saturated heterocycles. The molecule has 0 bridgehead atoms. The molecule has 1 aromatic rings. The standard InChI is InChI=1S/C11H17BNO3P/c1-10(2)11(3,4)16-12(15-10)8-5-6-9(14-17)13-7-8/h5-7H,17H2,1-4H3. The third-order valence-corrected chi connectivity index (χ3v) is 3.65. The first-order valence-electron chi connectivity index (χ1n) is 5.54. The Morgan fingerprint density at radius 1 is 1.18 bits per heavy atom. The van der Waals surface area contributed by atoms with Crippen molar-refractivity contribution in [1.29, 1.82) is 0 Å². The van der Waals surface area contributed by atoms with Crippen LogP contribution >= 0.6 is 9.47 Å². The van der Waals surface area contributed by atoms with E-state index in [1.54, 1.807) is 12.3 Å². The summed E-state index contributed by atoms with van der Waals surface area (Å²) < 4.78 is 16.8. The average molecular weight is 253 g/mol. The number of pyridine rings is 1. The van der Waals surface area contributed by atoms with Gasteiger partial charge in [0.2, 0.25) is 5.88 Å². The lowest BCUT2D eigenvalue weighted by Crippen LogP contribution is -2.41. The Labute approximate surface area is 104 Å². The van der Waals surface area contributed by atoms with Crippen molar-refractivity contribution in [2.45, 2.75) is 38.9 Å². The Morgan fingerprint density at radius 3 is 2.18 bits per heavy atom. The van der Waals surface area contributed by atoms with Gasteiger partial charge in [0.1, 0.15) is 0 Å². The van der Waals surface area contributed by atoms with E-state index in [1.165, 1.54) is 0 Å². The molecule has 0 saturated carbocycles. The molecule has 1 atom stereocenters. The Bertz CT molecular complexity index is 392. The first kappa shape index (κ1) is 12.8. The zero-order valence-corrected chi connectivity index (χ0v) is 11.7. The highest BCUT2D eigenvalue weighted by atomic mass is 31.0. The molecule has 0 aliphatic carbocycles. The van der Waals surface area contributed by atoms with Crippen molar-refractivity contribution in [3.63, 3.8) is 0 Å². The quantitative estimate of drug-likeness (QED) is 0.592. The summed E-state index contributed by atoms with van der Waals surface area (Å²) >= 11 is 0. The molecule has 92 valence electrons. The summed E-state index contributed by atoms with van der Waals surface area (Å²) in [6, 6.07) is 3.68. The fourth-order valence-electron chi connectivity index (χ4n) is 1.58. The fraction of sp³-hybridized carbons (Fsp3) is 0.545. The zero-order chi connectivity index (χ0) is 12.7. The van der Waals surface area contributed by atoms with Gasteiger partial charge in [0.15, 0.2) is 0 Å². The second-order valence-electron chi connectivity index (χ2n) is 5.14. The van der Waals surface area contributed by atoms with E-state index in [0.717, 1.165) is 5.46 Å². The fourth-order valence-corrected chi connectivity index (χ4v) is 1.72. The largest absolute Gasteiger partial charge is 0.496 e. The van der Waals surface area contributed by atoms with E-state index < -0.39 is 0 Å². The third-order valence-electron chi connectivity index (χ3n) is 3.41. The van der Waals surface area contributed by atoms with Crippen LogP contribution in [0.2, 0.25) is 0 Å². The first-order chi connectivity index (χ1) is 7.86. The Kier molecular flexibility index (Phi) is 3.19. The van der Waals surface area contributed by atoms with Gasteiger partial charge in [0, 0.05) is 17.7 Å². The van der Waals surface area contributed by atoms with Gasteiger partial charge in [0.05, 0.1) is 20.7 Å². The van der Waals surface area contributed by atoms with Crippen LogP contribution in [0, 0.1) is 0 Å². The molecule has 1 aliphatic heterocycles. The molecule has 2 rings (SSSR count). The van der Waals surface area contributed by atoms with Crippen LogP contribution in [0.15, 0.2) is 18.3 Å².